The summed E-state index contributed by atoms with van der Waals surface area (Å²) >= 11 is 2.86. The van der Waals surface area contributed by atoms with Crippen molar-refractivity contribution in [3.63, 3.8) is 0 Å². The summed E-state index contributed by atoms with van der Waals surface area (Å²) in [5, 5.41) is 19.9. The molecule has 0 saturated carbocycles. The van der Waals surface area contributed by atoms with Crippen molar-refractivity contribution in [2.75, 3.05) is 89.5 Å². The summed E-state index contributed by atoms with van der Waals surface area (Å²) in [4.78, 5) is 27.5. The molecule has 14 nitrogen and oxygen atoms in total. The molecule has 0 spiro atoms. The second kappa shape index (κ2) is 19.9. The van der Waals surface area contributed by atoms with Crippen molar-refractivity contribution in [2.24, 2.45) is 0 Å². The number of ether oxygens (including phenoxy) is 2. The standard InChI is InChI=1S/2C21H22N6OS/c1-28-19-7-4-17(15-23-19)8-9-26-10-12-27(13-11-26)21-24-20(25-29-21)18-5-2-16(14-22)3-6-18;1-28-19-6-5-16(15-23-19)7-8-26-9-11-27(12-10-26)21-24-20(25-29-21)18-4-2-3-17(13-18)14-22/h2-7,15H,8-13H2,1H3;2-6,13,15H,7-12H2,1H3. The van der Waals surface area contributed by atoms with E-state index in [1.807, 2.05) is 54.9 Å². The van der Waals surface area contributed by atoms with Crippen LogP contribution in [0.5, 0.6) is 11.8 Å². The van der Waals surface area contributed by atoms with Crippen molar-refractivity contribution < 1.29 is 9.47 Å². The Morgan fingerprint density at radius 2 is 1.09 bits per heavy atom. The number of pyridine rings is 2. The third-order valence-corrected chi connectivity index (χ3v) is 11.6. The number of methoxy groups -OCH3 is 2. The lowest BCUT2D eigenvalue weighted by atomic mass is 10.1. The number of nitriles is 2. The van der Waals surface area contributed by atoms with Gasteiger partial charge < -0.3 is 19.3 Å². The van der Waals surface area contributed by atoms with Crippen LogP contribution in [0, 0.1) is 22.7 Å². The fraction of sp³-hybridized carbons (Fsp3) is 0.333. The molecule has 16 heteroatoms. The van der Waals surface area contributed by atoms with E-state index in [2.05, 4.69) is 62.6 Å². The van der Waals surface area contributed by atoms with Crippen LogP contribution >= 0.6 is 23.1 Å². The quantitative estimate of drug-likeness (QED) is 0.149. The molecule has 8 rings (SSSR count). The molecule has 6 heterocycles. The third kappa shape index (κ3) is 10.7. The van der Waals surface area contributed by atoms with Gasteiger partial charge in [-0.15, -0.1) is 0 Å². The van der Waals surface area contributed by atoms with Crippen LogP contribution in [0.2, 0.25) is 0 Å². The zero-order valence-electron chi connectivity index (χ0n) is 32.6. The van der Waals surface area contributed by atoms with Gasteiger partial charge >= 0.3 is 0 Å². The van der Waals surface area contributed by atoms with Crippen molar-refractivity contribution >= 4 is 33.3 Å². The van der Waals surface area contributed by atoms with E-state index in [0.29, 0.717) is 28.7 Å². The van der Waals surface area contributed by atoms with Crippen molar-refractivity contribution in [3.8, 4) is 46.7 Å². The van der Waals surface area contributed by atoms with Gasteiger partial charge in [0.2, 0.25) is 22.0 Å². The summed E-state index contributed by atoms with van der Waals surface area (Å²) in [6, 6.07) is 27.1. The molecular weight excluding hydrogens is 769 g/mol. The molecule has 6 aromatic rings. The summed E-state index contributed by atoms with van der Waals surface area (Å²) in [7, 11) is 3.26. The van der Waals surface area contributed by atoms with E-state index in [1.54, 1.807) is 32.4 Å². The van der Waals surface area contributed by atoms with Crippen LogP contribution in [-0.2, 0) is 12.8 Å². The van der Waals surface area contributed by atoms with Crippen molar-refractivity contribution in [1.29, 1.82) is 10.5 Å². The van der Waals surface area contributed by atoms with Gasteiger partial charge in [0.05, 0.1) is 37.5 Å². The first-order valence-electron chi connectivity index (χ1n) is 19.1. The van der Waals surface area contributed by atoms with E-state index in [4.69, 9.17) is 30.0 Å². The number of piperazine rings is 2. The van der Waals surface area contributed by atoms with Crippen LogP contribution in [0.3, 0.4) is 0 Å². The third-order valence-electron chi connectivity index (χ3n) is 10.1. The summed E-state index contributed by atoms with van der Waals surface area (Å²) in [5.74, 6) is 2.72. The highest BCUT2D eigenvalue weighted by molar-refractivity contribution is 7.10. The number of aromatic nitrogens is 6. The minimum atomic E-state index is 0.625. The largest absolute Gasteiger partial charge is 0.481 e. The zero-order valence-corrected chi connectivity index (χ0v) is 34.2. The Labute approximate surface area is 346 Å². The maximum atomic E-state index is 9.07. The minimum Gasteiger partial charge on any atom is -0.481 e. The first-order chi connectivity index (χ1) is 28.5. The van der Waals surface area contributed by atoms with Gasteiger partial charge in [0.15, 0.2) is 11.6 Å². The van der Waals surface area contributed by atoms with Crippen molar-refractivity contribution in [3.05, 3.63) is 107 Å². The number of anilines is 2. The Morgan fingerprint density at radius 1 is 0.586 bits per heavy atom. The molecule has 0 amide bonds. The summed E-state index contributed by atoms with van der Waals surface area (Å²) in [6.07, 6.45) is 5.74. The Bertz CT molecular complexity index is 2290. The van der Waals surface area contributed by atoms with Gasteiger partial charge in [-0.2, -0.15) is 29.2 Å². The van der Waals surface area contributed by atoms with Crippen molar-refractivity contribution in [1.82, 2.24) is 38.5 Å². The molecule has 0 radical (unpaired) electrons. The van der Waals surface area contributed by atoms with Crippen LogP contribution in [0.25, 0.3) is 22.8 Å². The predicted molar refractivity (Wildman–Crippen MR) is 226 cm³/mol. The average Bonchev–Trinajstić information content (AvgIpc) is 4.01. The van der Waals surface area contributed by atoms with Gasteiger partial charge in [0, 0.05) is 124 Å². The highest BCUT2D eigenvalue weighted by atomic mass is 32.1. The fourth-order valence-electron chi connectivity index (χ4n) is 6.60. The Balaban J connectivity index is 0.000000177. The van der Waals surface area contributed by atoms with E-state index in [9.17, 15) is 0 Å². The SMILES string of the molecule is COc1ccc(CCN2CCN(c3nc(-c4ccc(C#N)cc4)ns3)CC2)cn1.COc1ccc(CCN2CCN(c3nc(-c4cccc(C#N)c4)ns3)CC2)cn1. The normalized spacial score (nSPS) is 14.6. The molecule has 0 N–H and O–H groups in total. The Kier molecular flexibility index (Phi) is 13.8. The number of hydrogen-bond donors (Lipinski definition) is 0. The smallest absolute Gasteiger partial charge is 0.212 e. The number of nitrogens with zero attached hydrogens (tertiary/aromatic N) is 12. The van der Waals surface area contributed by atoms with E-state index < -0.39 is 0 Å². The number of benzene rings is 2. The predicted octanol–water partition coefficient (Wildman–Crippen LogP) is 5.69. The Morgan fingerprint density at radius 3 is 1.53 bits per heavy atom. The van der Waals surface area contributed by atoms with Gasteiger partial charge in [-0.3, -0.25) is 9.80 Å². The fourth-order valence-corrected chi connectivity index (χ4v) is 8.08. The number of hydrogen-bond acceptors (Lipinski definition) is 16. The van der Waals surface area contributed by atoms with Crippen LogP contribution < -0.4 is 19.3 Å². The summed E-state index contributed by atoms with van der Waals surface area (Å²) in [5.41, 5.74) is 5.55. The highest BCUT2D eigenvalue weighted by Crippen LogP contribution is 2.27. The minimum absolute atomic E-state index is 0.625. The van der Waals surface area contributed by atoms with Gasteiger partial charge in [-0.05, 0) is 60.4 Å². The van der Waals surface area contributed by atoms with Crippen LogP contribution in [0.4, 0.5) is 10.3 Å². The molecule has 0 aliphatic carbocycles. The molecule has 2 saturated heterocycles. The zero-order chi connectivity index (χ0) is 40.1. The summed E-state index contributed by atoms with van der Waals surface area (Å²) < 4.78 is 19.2. The molecule has 2 fully saturated rings. The number of rotatable bonds is 12. The lowest BCUT2D eigenvalue weighted by Gasteiger charge is -2.34. The molecule has 0 unspecified atom stereocenters. The molecule has 296 valence electrons. The summed E-state index contributed by atoms with van der Waals surface area (Å²) in [6.45, 7) is 9.83. The van der Waals surface area contributed by atoms with Gasteiger partial charge in [-0.1, -0.05) is 24.3 Å². The maximum Gasteiger partial charge on any atom is 0.212 e. The van der Waals surface area contributed by atoms with Gasteiger partial charge in [0.25, 0.3) is 0 Å². The van der Waals surface area contributed by atoms with Crippen LogP contribution in [-0.4, -0.2) is 118 Å². The molecule has 2 aromatic carbocycles. The average molecular weight is 813 g/mol. The maximum absolute atomic E-state index is 9.07. The van der Waals surface area contributed by atoms with Crippen molar-refractivity contribution in [2.45, 2.75) is 12.8 Å². The van der Waals surface area contributed by atoms with Gasteiger partial charge in [0.1, 0.15) is 0 Å². The second-order valence-corrected chi connectivity index (χ2v) is 15.2. The molecule has 2 aliphatic rings. The second-order valence-electron chi connectivity index (χ2n) is 13.8. The monoisotopic (exact) mass is 812 g/mol. The molecule has 0 bridgehead atoms. The first kappa shape index (κ1) is 40.2. The van der Waals surface area contributed by atoms with E-state index in [1.165, 1.54) is 34.2 Å². The van der Waals surface area contributed by atoms with Gasteiger partial charge in [-0.25, -0.2) is 9.97 Å². The van der Waals surface area contributed by atoms with E-state index in [0.717, 1.165) is 106 Å². The lowest BCUT2D eigenvalue weighted by Crippen LogP contribution is -2.47. The molecular formula is C42H44N12O2S2. The van der Waals surface area contributed by atoms with E-state index >= 15 is 0 Å². The topological polar surface area (TPSA) is 156 Å². The molecule has 2 aliphatic heterocycles. The molecule has 58 heavy (non-hydrogen) atoms. The Hall–Kier alpha value is -6.04. The first-order valence-corrected chi connectivity index (χ1v) is 20.7. The molecule has 4 aromatic heterocycles. The lowest BCUT2D eigenvalue weighted by molar-refractivity contribution is 0.261. The highest BCUT2D eigenvalue weighted by Gasteiger charge is 2.22. The molecule has 0 atom stereocenters. The van der Waals surface area contributed by atoms with Crippen LogP contribution in [0.1, 0.15) is 22.3 Å². The van der Waals surface area contributed by atoms with Crippen LogP contribution in [0.15, 0.2) is 85.2 Å². The van der Waals surface area contributed by atoms with E-state index in [-0.39, 0.29) is 0 Å².